The third kappa shape index (κ3) is 10.5. The molecule has 1 aliphatic rings. The third-order valence-electron chi connectivity index (χ3n) is 5.45. The van der Waals surface area contributed by atoms with E-state index in [0.717, 1.165) is 13.0 Å². The lowest BCUT2D eigenvalue weighted by atomic mass is 10.1. The second kappa shape index (κ2) is 13.8. The maximum absolute atomic E-state index is 13.0. The number of hydrogen-bond acceptors (Lipinski definition) is 8. The van der Waals surface area contributed by atoms with Crippen LogP contribution in [0.4, 0.5) is 0 Å². The van der Waals surface area contributed by atoms with Gasteiger partial charge in [0.05, 0.1) is 11.5 Å². The molecule has 212 valence electrons. The zero-order chi connectivity index (χ0) is 28.5. The van der Waals surface area contributed by atoms with E-state index in [1.54, 1.807) is 45.0 Å². The second-order valence-corrected chi connectivity index (χ2v) is 12.2. The van der Waals surface area contributed by atoms with Gasteiger partial charge in [0.2, 0.25) is 15.9 Å². The Hall–Kier alpha value is -3.15. The Balaban J connectivity index is 1.57. The van der Waals surface area contributed by atoms with E-state index < -0.39 is 27.6 Å². The highest BCUT2D eigenvalue weighted by Gasteiger charge is 2.30. The zero-order valence-corrected chi connectivity index (χ0v) is 23.9. The first-order valence-electron chi connectivity index (χ1n) is 12.7. The molecule has 1 atom stereocenters. The van der Waals surface area contributed by atoms with Crippen molar-refractivity contribution >= 4 is 39.5 Å². The Labute approximate surface area is 234 Å². The van der Waals surface area contributed by atoms with Crippen molar-refractivity contribution in [3.8, 4) is 5.75 Å². The number of guanidine groups is 1. The van der Waals surface area contributed by atoms with Crippen molar-refractivity contribution in [1.29, 1.82) is 0 Å². The molecule has 0 bridgehead atoms. The summed E-state index contributed by atoms with van der Waals surface area (Å²) in [6.45, 7) is 6.99. The van der Waals surface area contributed by atoms with E-state index in [-0.39, 0.29) is 17.2 Å². The van der Waals surface area contributed by atoms with Crippen LogP contribution in [0, 0.1) is 0 Å². The van der Waals surface area contributed by atoms with Gasteiger partial charge in [-0.15, -0.1) is 0 Å². The number of ether oxygens (including phenoxy) is 2. The molecular weight excluding hydrogens is 544 g/mol. The number of carbonyl (C=O) groups is 2. The first kappa shape index (κ1) is 30.4. The molecule has 0 saturated carbocycles. The molecule has 0 fully saturated rings. The SMILES string of the molecule is CC(C)(C)OC(=O)[C@H](Cc1ccc(OCCCC(=O)NC2=NCCCN2)cc1)NS(=O)(=O)c1ccc(Cl)cc1. The van der Waals surface area contributed by atoms with E-state index in [4.69, 9.17) is 21.1 Å². The van der Waals surface area contributed by atoms with Gasteiger partial charge in [-0.3, -0.25) is 19.9 Å². The van der Waals surface area contributed by atoms with Gasteiger partial charge in [0.15, 0.2) is 5.96 Å². The van der Waals surface area contributed by atoms with Gasteiger partial charge in [-0.1, -0.05) is 23.7 Å². The number of sulfonamides is 1. The van der Waals surface area contributed by atoms with Gasteiger partial charge in [0.1, 0.15) is 17.4 Å². The summed E-state index contributed by atoms with van der Waals surface area (Å²) in [5.41, 5.74) is -0.0899. The number of hydrogen-bond donors (Lipinski definition) is 3. The first-order valence-corrected chi connectivity index (χ1v) is 14.6. The van der Waals surface area contributed by atoms with Gasteiger partial charge in [-0.25, -0.2) is 8.42 Å². The van der Waals surface area contributed by atoms with E-state index in [2.05, 4.69) is 20.3 Å². The molecule has 0 unspecified atom stereocenters. The van der Waals surface area contributed by atoms with Crippen LogP contribution < -0.4 is 20.1 Å². The maximum Gasteiger partial charge on any atom is 0.325 e. The first-order chi connectivity index (χ1) is 18.4. The fourth-order valence-electron chi connectivity index (χ4n) is 3.61. The van der Waals surface area contributed by atoms with Crippen molar-refractivity contribution in [1.82, 2.24) is 15.4 Å². The minimum Gasteiger partial charge on any atom is -0.494 e. The molecule has 0 radical (unpaired) electrons. The van der Waals surface area contributed by atoms with E-state index in [1.165, 1.54) is 24.3 Å². The minimum absolute atomic E-state index is 0.0131. The molecule has 10 nitrogen and oxygen atoms in total. The summed E-state index contributed by atoms with van der Waals surface area (Å²) in [5, 5.41) is 6.19. The normalized spacial score (nSPS) is 14.5. The molecule has 0 aliphatic carbocycles. The molecule has 3 rings (SSSR count). The summed E-state index contributed by atoms with van der Waals surface area (Å²) in [6.07, 6.45) is 1.84. The van der Waals surface area contributed by atoms with E-state index in [1.807, 2.05) is 0 Å². The van der Waals surface area contributed by atoms with Gasteiger partial charge in [-0.05, 0) is 82.0 Å². The summed E-state index contributed by atoms with van der Waals surface area (Å²) in [6, 6.07) is 11.5. The summed E-state index contributed by atoms with van der Waals surface area (Å²) >= 11 is 5.88. The van der Waals surface area contributed by atoms with Gasteiger partial charge < -0.3 is 14.8 Å². The number of benzene rings is 2. The summed E-state index contributed by atoms with van der Waals surface area (Å²) < 4.78 is 39.6. The molecular formula is C27H35ClN4O6S. The Morgan fingerprint density at radius 3 is 2.41 bits per heavy atom. The van der Waals surface area contributed by atoms with Gasteiger partial charge >= 0.3 is 5.97 Å². The average molecular weight is 579 g/mol. The van der Waals surface area contributed by atoms with Crippen molar-refractivity contribution < 1.29 is 27.5 Å². The highest BCUT2D eigenvalue weighted by Crippen LogP contribution is 2.19. The number of carbonyl (C=O) groups excluding carboxylic acids is 2. The minimum atomic E-state index is -4.01. The molecule has 1 amide bonds. The average Bonchev–Trinajstić information content (AvgIpc) is 2.87. The number of rotatable bonds is 11. The van der Waals surface area contributed by atoms with Crippen LogP contribution in [0.2, 0.25) is 5.02 Å². The van der Waals surface area contributed by atoms with Crippen molar-refractivity contribution in [2.45, 2.75) is 63.0 Å². The molecule has 2 aromatic rings. The Morgan fingerprint density at radius 1 is 1.10 bits per heavy atom. The monoisotopic (exact) mass is 578 g/mol. The molecule has 12 heteroatoms. The second-order valence-electron chi connectivity index (χ2n) is 10.0. The highest BCUT2D eigenvalue weighted by atomic mass is 35.5. The third-order valence-corrected chi connectivity index (χ3v) is 7.19. The number of nitrogens with zero attached hydrogens (tertiary/aromatic N) is 1. The smallest absolute Gasteiger partial charge is 0.325 e. The molecule has 1 aliphatic heterocycles. The number of halogens is 1. The molecule has 3 N–H and O–H groups in total. The molecule has 0 saturated heterocycles. The van der Waals surface area contributed by atoms with Crippen LogP contribution in [-0.4, -0.2) is 57.6 Å². The van der Waals surface area contributed by atoms with Crippen LogP contribution in [0.3, 0.4) is 0 Å². The molecule has 39 heavy (non-hydrogen) atoms. The number of aliphatic imine (C=N–C) groups is 1. The Morgan fingerprint density at radius 2 is 1.79 bits per heavy atom. The lowest BCUT2D eigenvalue weighted by molar-refractivity contribution is -0.156. The molecule has 1 heterocycles. The van der Waals surface area contributed by atoms with Gasteiger partial charge in [0, 0.05) is 24.5 Å². The number of amides is 1. The van der Waals surface area contributed by atoms with Crippen molar-refractivity contribution in [2.24, 2.45) is 4.99 Å². The lowest BCUT2D eigenvalue weighted by Crippen LogP contribution is -2.45. The van der Waals surface area contributed by atoms with Crippen LogP contribution in [0.5, 0.6) is 5.75 Å². The Kier molecular flexibility index (Phi) is 10.7. The summed E-state index contributed by atoms with van der Waals surface area (Å²) in [7, 11) is -4.01. The van der Waals surface area contributed by atoms with Gasteiger partial charge in [-0.2, -0.15) is 4.72 Å². The van der Waals surface area contributed by atoms with Crippen LogP contribution in [0.25, 0.3) is 0 Å². The Bertz CT molecular complexity index is 1260. The largest absolute Gasteiger partial charge is 0.494 e. The topological polar surface area (TPSA) is 135 Å². The molecule has 2 aromatic carbocycles. The van der Waals surface area contributed by atoms with Crippen LogP contribution in [0.15, 0.2) is 58.4 Å². The number of nitrogens with one attached hydrogen (secondary N) is 3. The maximum atomic E-state index is 13.0. The zero-order valence-electron chi connectivity index (χ0n) is 22.3. The van der Waals surface area contributed by atoms with Crippen molar-refractivity contribution in [3.63, 3.8) is 0 Å². The fraction of sp³-hybridized carbons (Fsp3) is 0.444. The predicted molar refractivity (Wildman–Crippen MR) is 149 cm³/mol. The van der Waals surface area contributed by atoms with E-state index in [0.29, 0.717) is 48.3 Å². The van der Waals surface area contributed by atoms with Crippen LogP contribution in [-0.2, 0) is 30.8 Å². The molecule has 0 spiro atoms. The fourth-order valence-corrected chi connectivity index (χ4v) is 4.92. The standard InChI is InChI=1S/C27H35ClN4O6S/c1-27(2,3)38-25(34)23(32-39(35,36)22-13-9-20(28)10-14-22)18-19-7-11-21(12-8-19)37-17-4-6-24(33)31-26-29-15-5-16-30-26/h7-14,23,32H,4-6,15-18H2,1-3H3,(H2,29,30,31,33)/t23-/m0/s1. The summed E-state index contributed by atoms with van der Waals surface area (Å²) in [4.78, 5) is 29.1. The van der Waals surface area contributed by atoms with E-state index >= 15 is 0 Å². The van der Waals surface area contributed by atoms with Crippen LogP contribution >= 0.6 is 11.6 Å². The predicted octanol–water partition coefficient (Wildman–Crippen LogP) is 3.20. The molecule has 0 aromatic heterocycles. The van der Waals surface area contributed by atoms with Crippen molar-refractivity contribution in [3.05, 3.63) is 59.1 Å². The lowest BCUT2D eigenvalue weighted by Gasteiger charge is -2.24. The van der Waals surface area contributed by atoms with Gasteiger partial charge in [0.25, 0.3) is 0 Å². The van der Waals surface area contributed by atoms with E-state index in [9.17, 15) is 18.0 Å². The highest BCUT2D eigenvalue weighted by molar-refractivity contribution is 7.89. The number of esters is 1. The summed E-state index contributed by atoms with van der Waals surface area (Å²) in [5.74, 6) is 0.292. The quantitative estimate of drug-likeness (QED) is 0.275. The van der Waals surface area contributed by atoms with Crippen molar-refractivity contribution in [2.75, 3.05) is 19.7 Å². The van der Waals surface area contributed by atoms with Crippen LogP contribution in [0.1, 0.15) is 45.6 Å².